The van der Waals surface area contributed by atoms with Crippen LogP contribution in [0.3, 0.4) is 0 Å². The first-order valence-corrected chi connectivity index (χ1v) is 9.45. The van der Waals surface area contributed by atoms with Gasteiger partial charge in [-0.1, -0.05) is 27.7 Å². The van der Waals surface area contributed by atoms with Crippen LogP contribution in [-0.4, -0.2) is 22.4 Å². The van der Waals surface area contributed by atoms with E-state index in [2.05, 4.69) is 27.7 Å². The van der Waals surface area contributed by atoms with E-state index in [4.69, 9.17) is 4.74 Å². The molecule has 3 N–H and O–H groups in total. The second-order valence-electron chi connectivity index (χ2n) is 9.46. The van der Waals surface area contributed by atoms with Gasteiger partial charge >= 0.3 is 0 Å². The molecule has 1 unspecified atom stereocenters. The number of aliphatic hydroxyl groups is 1. The fourth-order valence-electron chi connectivity index (χ4n) is 5.69. The topological polar surface area (TPSA) is 69.9 Å². The third kappa shape index (κ3) is 2.32. The molecule has 2 aromatic rings. The predicted molar refractivity (Wildman–Crippen MR) is 105 cm³/mol. The van der Waals surface area contributed by atoms with E-state index in [9.17, 15) is 15.3 Å². The van der Waals surface area contributed by atoms with E-state index in [-0.39, 0.29) is 34.4 Å². The van der Waals surface area contributed by atoms with E-state index >= 15 is 0 Å². The van der Waals surface area contributed by atoms with Gasteiger partial charge in [0.25, 0.3) is 0 Å². The zero-order valence-electron chi connectivity index (χ0n) is 16.7. The maximum absolute atomic E-state index is 10.5. The number of aliphatic hydroxyl groups excluding tert-OH is 1. The molecule has 4 nitrogen and oxygen atoms in total. The summed E-state index contributed by atoms with van der Waals surface area (Å²) in [6.45, 7) is 8.70. The summed E-state index contributed by atoms with van der Waals surface area (Å²) in [5.41, 5.74) is 4.70. The van der Waals surface area contributed by atoms with Crippen LogP contribution in [-0.2, 0) is 22.9 Å². The zero-order chi connectivity index (χ0) is 19.8. The van der Waals surface area contributed by atoms with Gasteiger partial charge in [0, 0.05) is 11.0 Å². The first kappa shape index (κ1) is 18.2. The van der Waals surface area contributed by atoms with Crippen molar-refractivity contribution in [3.05, 3.63) is 52.1 Å². The fourth-order valence-corrected chi connectivity index (χ4v) is 5.69. The second-order valence-corrected chi connectivity index (χ2v) is 9.46. The lowest BCUT2D eigenvalue weighted by Crippen LogP contribution is -2.26. The normalized spacial score (nSPS) is 24.1. The molecular weight excluding hydrogens is 340 g/mol. The maximum atomic E-state index is 10.5. The van der Waals surface area contributed by atoms with E-state index in [1.54, 1.807) is 7.11 Å². The largest absolute Gasteiger partial charge is 0.508 e. The van der Waals surface area contributed by atoms with E-state index in [1.807, 2.05) is 24.3 Å². The molecule has 2 aromatic carbocycles. The van der Waals surface area contributed by atoms with Crippen molar-refractivity contribution in [1.29, 1.82) is 0 Å². The minimum absolute atomic E-state index is 0.0841. The van der Waals surface area contributed by atoms with Gasteiger partial charge in [-0.3, -0.25) is 0 Å². The van der Waals surface area contributed by atoms with Crippen molar-refractivity contribution in [3.63, 3.8) is 0 Å². The minimum atomic E-state index is -0.271. The molecule has 0 radical (unpaired) electrons. The van der Waals surface area contributed by atoms with Crippen LogP contribution in [0.1, 0.15) is 68.4 Å². The number of phenolic OH excluding ortho intramolecular Hbond substituents is 1. The molecule has 0 saturated heterocycles. The molecule has 4 heteroatoms. The van der Waals surface area contributed by atoms with E-state index < -0.39 is 0 Å². The summed E-state index contributed by atoms with van der Waals surface area (Å²) in [5, 5.41) is 30.6. The van der Waals surface area contributed by atoms with Gasteiger partial charge in [0.05, 0.1) is 13.7 Å². The molecule has 0 amide bonds. The summed E-state index contributed by atoms with van der Waals surface area (Å²) in [7, 11) is 1.57. The van der Waals surface area contributed by atoms with Gasteiger partial charge in [-0.25, -0.2) is 0 Å². The van der Waals surface area contributed by atoms with Crippen molar-refractivity contribution < 1.29 is 20.1 Å². The predicted octanol–water partition coefficient (Wildman–Crippen LogP) is 4.25. The first-order valence-electron chi connectivity index (χ1n) is 9.45. The lowest BCUT2D eigenvalue weighted by Gasteiger charge is -2.30. The van der Waals surface area contributed by atoms with Gasteiger partial charge in [-0.05, 0) is 70.2 Å². The van der Waals surface area contributed by atoms with Crippen LogP contribution in [0.2, 0.25) is 0 Å². The van der Waals surface area contributed by atoms with E-state index in [0.717, 1.165) is 24.0 Å². The summed E-state index contributed by atoms with van der Waals surface area (Å²) in [6.07, 6.45) is 1.79. The van der Waals surface area contributed by atoms with Crippen molar-refractivity contribution in [1.82, 2.24) is 0 Å². The molecule has 1 atom stereocenters. The van der Waals surface area contributed by atoms with Crippen LogP contribution < -0.4 is 4.74 Å². The third-order valence-electron chi connectivity index (χ3n) is 6.68. The third-order valence-corrected chi connectivity index (χ3v) is 6.68. The molecule has 0 fully saturated rings. The van der Waals surface area contributed by atoms with Crippen molar-refractivity contribution in [2.45, 2.75) is 63.4 Å². The molecule has 0 heterocycles. The molecule has 2 aliphatic carbocycles. The Bertz CT molecular complexity index is 862. The quantitative estimate of drug-likeness (QED) is 0.741. The Labute approximate surface area is 160 Å². The van der Waals surface area contributed by atoms with Crippen LogP contribution in [0.15, 0.2) is 24.3 Å². The van der Waals surface area contributed by atoms with Gasteiger partial charge < -0.3 is 20.1 Å². The Morgan fingerprint density at radius 3 is 1.85 bits per heavy atom. The highest BCUT2D eigenvalue weighted by Gasteiger charge is 2.56. The van der Waals surface area contributed by atoms with Gasteiger partial charge in [0.1, 0.15) is 5.75 Å². The van der Waals surface area contributed by atoms with Crippen molar-refractivity contribution in [3.8, 4) is 17.2 Å². The highest BCUT2D eigenvalue weighted by Crippen LogP contribution is 2.64. The zero-order valence-corrected chi connectivity index (χ0v) is 16.7. The van der Waals surface area contributed by atoms with E-state index in [1.165, 1.54) is 11.1 Å². The van der Waals surface area contributed by atoms with Gasteiger partial charge in [0.15, 0.2) is 11.5 Å². The fraction of sp³-hybridized carbons (Fsp3) is 0.478. The van der Waals surface area contributed by atoms with Crippen LogP contribution in [0.25, 0.3) is 0 Å². The number of ether oxygens (including phenoxy) is 1. The maximum Gasteiger partial charge on any atom is 0.160 e. The Morgan fingerprint density at radius 1 is 0.815 bits per heavy atom. The van der Waals surface area contributed by atoms with Crippen LogP contribution >= 0.6 is 0 Å². The molecule has 144 valence electrons. The highest BCUT2D eigenvalue weighted by atomic mass is 16.5. The summed E-state index contributed by atoms with van der Waals surface area (Å²) in [6, 6.07) is 7.60. The number of rotatable bonds is 2. The molecule has 2 aliphatic rings. The second kappa shape index (κ2) is 5.41. The van der Waals surface area contributed by atoms with Crippen molar-refractivity contribution in [2.75, 3.05) is 7.11 Å². The number of fused-ring (bicyclic) bond motifs is 4. The Morgan fingerprint density at radius 2 is 1.33 bits per heavy atom. The lowest BCUT2D eigenvalue weighted by molar-refractivity contribution is 0.275. The van der Waals surface area contributed by atoms with Crippen LogP contribution in [0.4, 0.5) is 0 Å². The Kier molecular flexibility index (Phi) is 3.65. The number of methoxy groups -OCH3 is 1. The van der Waals surface area contributed by atoms with E-state index in [0.29, 0.717) is 11.3 Å². The summed E-state index contributed by atoms with van der Waals surface area (Å²) in [5.74, 6) is 0.780. The minimum Gasteiger partial charge on any atom is -0.508 e. The summed E-state index contributed by atoms with van der Waals surface area (Å²) < 4.78 is 5.36. The molecule has 0 bridgehead atoms. The molecule has 0 saturated carbocycles. The monoisotopic (exact) mass is 368 g/mol. The Hall–Kier alpha value is -2.20. The van der Waals surface area contributed by atoms with Crippen molar-refractivity contribution >= 4 is 0 Å². The van der Waals surface area contributed by atoms with Crippen molar-refractivity contribution in [2.24, 2.45) is 0 Å². The molecule has 1 spiro atoms. The molecule has 4 rings (SSSR count). The average molecular weight is 368 g/mol. The van der Waals surface area contributed by atoms with Crippen LogP contribution in [0.5, 0.6) is 17.2 Å². The average Bonchev–Trinajstić information content (AvgIpc) is 2.93. The lowest BCUT2D eigenvalue weighted by atomic mass is 9.72. The summed E-state index contributed by atoms with van der Waals surface area (Å²) in [4.78, 5) is 0. The summed E-state index contributed by atoms with van der Waals surface area (Å²) >= 11 is 0. The van der Waals surface area contributed by atoms with Gasteiger partial charge in [-0.2, -0.15) is 0 Å². The molecule has 27 heavy (non-hydrogen) atoms. The molecular formula is C23H28O4. The highest BCUT2D eigenvalue weighted by molar-refractivity contribution is 5.64. The molecule has 0 aromatic heterocycles. The smallest absolute Gasteiger partial charge is 0.160 e. The van der Waals surface area contributed by atoms with Crippen LogP contribution in [0, 0.1) is 0 Å². The molecule has 0 aliphatic heterocycles. The number of phenols is 2. The van der Waals surface area contributed by atoms with Gasteiger partial charge in [0.2, 0.25) is 0 Å². The SMILES string of the molecule is COc1cc2c(cc1O)C1(CC(C)(C)c3cc(CO)c(O)cc31)CC2(C)C. The number of aromatic hydroxyl groups is 2. The Balaban J connectivity index is 2.03. The van der Waals surface area contributed by atoms with Gasteiger partial charge in [-0.15, -0.1) is 0 Å². The number of hydrogen-bond donors (Lipinski definition) is 3. The number of benzene rings is 2. The first-order chi connectivity index (χ1) is 12.6. The standard InChI is InChI=1S/C23H28O4/c1-21(2)11-23(16-7-18(25)13(10-24)6-14(16)21)12-22(3,4)15-9-20(27-5)19(26)8-17(15)23/h6-9,24-26H,10-12H2,1-5H3. The number of hydrogen-bond acceptors (Lipinski definition) is 4.